The molecular weight excluding hydrogens is 319 g/mol. The zero-order chi connectivity index (χ0) is 15.9. The predicted molar refractivity (Wildman–Crippen MR) is 89.2 cm³/mol. The quantitative estimate of drug-likeness (QED) is 0.918. The van der Waals surface area contributed by atoms with Gasteiger partial charge in [0.2, 0.25) is 0 Å². The highest BCUT2D eigenvalue weighted by atomic mass is 35.5. The summed E-state index contributed by atoms with van der Waals surface area (Å²) >= 11 is 0. The molecule has 128 valence electrons. The summed E-state index contributed by atoms with van der Waals surface area (Å²) in [5.41, 5.74) is 5.70. The second-order valence-corrected chi connectivity index (χ2v) is 6.60. The fraction of sp³-hybridized carbons (Fsp3) is 0.588. The molecule has 1 aliphatic carbocycles. The second kappa shape index (κ2) is 6.75. The number of methoxy groups -OCH3 is 1. The molecule has 0 spiro atoms. The molecule has 2 fully saturated rings. The van der Waals surface area contributed by atoms with Gasteiger partial charge in [0.25, 0.3) is 5.91 Å². The molecule has 1 saturated heterocycles. The first-order chi connectivity index (χ1) is 10.5. The van der Waals surface area contributed by atoms with Crippen LogP contribution in [0.3, 0.4) is 0 Å². The molecule has 1 heterocycles. The number of fused-ring (bicyclic) bond motifs is 2. The summed E-state index contributed by atoms with van der Waals surface area (Å²) in [5.74, 6) is -0.605. The van der Waals surface area contributed by atoms with Gasteiger partial charge in [-0.15, -0.1) is 12.4 Å². The van der Waals surface area contributed by atoms with E-state index in [-0.39, 0.29) is 18.0 Å². The summed E-state index contributed by atoms with van der Waals surface area (Å²) in [6.07, 6.45) is 3.36. The Morgan fingerprint density at radius 1 is 1.35 bits per heavy atom. The number of nitrogens with zero attached hydrogens (tertiary/aromatic N) is 1. The molecule has 6 heteroatoms. The number of primary amides is 1. The van der Waals surface area contributed by atoms with E-state index in [0.717, 1.165) is 31.5 Å². The van der Waals surface area contributed by atoms with Gasteiger partial charge >= 0.3 is 0 Å². The van der Waals surface area contributed by atoms with Crippen molar-refractivity contribution in [2.24, 2.45) is 17.6 Å². The van der Waals surface area contributed by atoms with Crippen LogP contribution in [0, 0.1) is 17.7 Å². The van der Waals surface area contributed by atoms with E-state index in [2.05, 4.69) is 11.9 Å². The summed E-state index contributed by atoms with van der Waals surface area (Å²) in [4.78, 5) is 13.8. The first-order valence-corrected chi connectivity index (χ1v) is 7.82. The first kappa shape index (κ1) is 18.2. The topological polar surface area (TPSA) is 55.6 Å². The van der Waals surface area contributed by atoms with Crippen molar-refractivity contribution >= 4 is 18.3 Å². The summed E-state index contributed by atoms with van der Waals surface area (Å²) in [7, 11) is 3.86. The van der Waals surface area contributed by atoms with Gasteiger partial charge in [0, 0.05) is 32.0 Å². The molecular formula is C17H24ClFN2O2. The van der Waals surface area contributed by atoms with Crippen LogP contribution in [0.5, 0.6) is 0 Å². The summed E-state index contributed by atoms with van der Waals surface area (Å²) in [6.45, 7) is 1.90. The highest BCUT2D eigenvalue weighted by Crippen LogP contribution is 2.51. The molecule has 0 aromatic heterocycles. The Kier molecular flexibility index (Phi) is 5.33. The van der Waals surface area contributed by atoms with Crippen LogP contribution in [0.1, 0.15) is 35.2 Å². The van der Waals surface area contributed by atoms with E-state index >= 15 is 0 Å². The molecule has 1 aromatic rings. The smallest absolute Gasteiger partial charge is 0.251 e. The van der Waals surface area contributed by atoms with Crippen LogP contribution in [0.2, 0.25) is 0 Å². The fourth-order valence-corrected chi connectivity index (χ4v) is 4.53. The zero-order valence-electron chi connectivity index (χ0n) is 13.5. The van der Waals surface area contributed by atoms with Crippen molar-refractivity contribution < 1.29 is 13.9 Å². The Morgan fingerprint density at radius 3 is 2.48 bits per heavy atom. The lowest BCUT2D eigenvalue weighted by atomic mass is 9.62. The number of ether oxygens (including phenoxy) is 1. The van der Waals surface area contributed by atoms with Gasteiger partial charge in [-0.25, -0.2) is 4.39 Å². The Balaban J connectivity index is 0.00000192. The minimum absolute atomic E-state index is 0. The van der Waals surface area contributed by atoms with E-state index in [4.69, 9.17) is 10.5 Å². The van der Waals surface area contributed by atoms with Crippen molar-refractivity contribution in [3.63, 3.8) is 0 Å². The minimum atomic E-state index is -0.733. The van der Waals surface area contributed by atoms with Gasteiger partial charge in [0.05, 0.1) is 5.56 Å². The highest BCUT2D eigenvalue weighted by molar-refractivity contribution is 5.93. The standard InChI is InChI=1S/C17H23FN2O2.ClH/c1-20-9-12-4-3-5-13(10-20)17(12,22-2)11-6-7-15(18)14(8-11)16(19)21;/h6-8,12-13H,3-5,9-10H2,1-2H3,(H2,19,21);1H/t12-,13+,17+;. The molecule has 1 saturated carbocycles. The number of hydrogen-bond donors (Lipinski definition) is 1. The maximum Gasteiger partial charge on any atom is 0.251 e. The number of rotatable bonds is 3. The lowest BCUT2D eigenvalue weighted by molar-refractivity contribution is -0.165. The zero-order valence-corrected chi connectivity index (χ0v) is 14.4. The average Bonchev–Trinajstić information content (AvgIpc) is 2.47. The van der Waals surface area contributed by atoms with E-state index in [1.165, 1.54) is 12.5 Å². The number of amides is 1. The van der Waals surface area contributed by atoms with Crippen LogP contribution in [-0.4, -0.2) is 38.1 Å². The maximum absolute atomic E-state index is 13.8. The lowest BCUT2D eigenvalue weighted by Gasteiger charge is -2.54. The van der Waals surface area contributed by atoms with Gasteiger partial charge in [0.1, 0.15) is 11.4 Å². The molecule has 1 aromatic carbocycles. The molecule has 0 radical (unpaired) electrons. The normalized spacial score (nSPS) is 30.6. The van der Waals surface area contributed by atoms with E-state index < -0.39 is 17.3 Å². The molecule has 0 unspecified atom stereocenters. The van der Waals surface area contributed by atoms with Gasteiger partial charge in [-0.1, -0.05) is 12.5 Å². The molecule has 1 amide bonds. The van der Waals surface area contributed by atoms with Crippen molar-refractivity contribution in [3.05, 3.63) is 35.1 Å². The molecule has 4 nitrogen and oxygen atoms in total. The molecule has 1 aliphatic heterocycles. The number of piperidine rings is 1. The van der Waals surface area contributed by atoms with Gasteiger partial charge in [-0.05, 0) is 37.6 Å². The molecule has 3 atom stereocenters. The number of nitrogens with two attached hydrogens (primary N) is 1. The predicted octanol–water partition coefficient (Wildman–Crippen LogP) is 2.55. The number of benzene rings is 1. The van der Waals surface area contributed by atoms with Gasteiger partial charge in [-0.3, -0.25) is 4.79 Å². The van der Waals surface area contributed by atoms with Crippen LogP contribution in [-0.2, 0) is 10.3 Å². The second-order valence-electron chi connectivity index (χ2n) is 6.60. The minimum Gasteiger partial charge on any atom is -0.373 e. The van der Waals surface area contributed by atoms with Gasteiger partial charge < -0.3 is 15.4 Å². The third-order valence-corrected chi connectivity index (χ3v) is 5.40. The van der Waals surface area contributed by atoms with Crippen molar-refractivity contribution in [2.45, 2.75) is 24.9 Å². The average molecular weight is 343 g/mol. The Hall–Kier alpha value is -1.17. The summed E-state index contributed by atoms with van der Waals surface area (Å²) in [5, 5.41) is 0. The Bertz CT molecular complexity index is 582. The number of likely N-dealkylation sites (tertiary alicyclic amines) is 1. The largest absolute Gasteiger partial charge is 0.373 e. The van der Waals surface area contributed by atoms with Crippen LogP contribution in [0.15, 0.2) is 18.2 Å². The van der Waals surface area contributed by atoms with E-state index in [1.807, 2.05) is 0 Å². The molecule has 2 bridgehead atoms. The number of carbonyl (C=O) groups is 1. The molecule has 3 rings (SSSR count). The Morgan fingerprint density at radius 2 is 1.96 bits per heavy atom. The summed E-state index contributed by atoms with van der Waals surface area (Å²) in [6, 6.07) is 4.68. The maximum atomic E-state index is 13.8. The molecule has 23 heavy (non-hydrogen) atoms. The molecule has 2 N–H and O–H groups in total. The molecule has 2 aliphatic rings. The highest BCUT2D eigenvalue weighted by Gasteiger charge is 2.52. The van der Waals surface area contributed by atoms with Crippen molar-refractivity contribution in [1.82, 2.24) is 4.90 Å². The number of hydrogen-bond acceptors (Lipinski definition) is 3. The lowest BCUT2D eigenvalue weighted by Crippen LogP contribution is -2.58. The first-order valence-electron chi connectivity index (χ1n) is 7.82. The summed E-state index contributed by atoms with van der Waals surface area (Å²) < 4.78 is 19.9. The van der Waals surface area contributed by atoms with E-state index in [9.17, 15) is 9.18 Å². The van der Waals surface area contributed by atoms with E-state index in [1.54, 1.807) is 19.2 Å². The van der Waals surface area contributed by atoms with Gasteiger partial charge in [0.15, 0.2) is 0 Å². The number of halogens is 2. The van der Waals surface area contributed by atoms with Gasteiger partial charge in [-0.2, -0.15) is 0 Å². The van der Waals surface area contributed by atoms with Crippen molar-refractivity contribution in [1.29, 1.82) is 0 Å². The van der Waals surface area contributed by atoms with Crippen molar-refractivity contribution in [3.8, 4) is 0 Å². The fourth-order valence-electron chi connectivity index (χ4n) is 4.53. The van der Waals surface area contributed by atoms with Crippen LogP contribution in [0.4, 0.5) is 4.39 Å². The SMILES string of the molecule is CO[C@@]1(c2ccc(F)c(C(N)=O)c2)[C@@H]2CCC[C@H]1CN(C)C2.Cl. The third-order valence-electron chi connectivity index (χ3n) is 5.40. The monoisotopic (exact) mass is 342 g/mol. The van der Waals surface area contributed by atoms with E-state index in [0.29, 0.717) is 11.8 Å². The van der Waals surface area contributed by atoms with Crippen molar-refractivity contribution in [2.75, 3.05) is 27.2 Å². The van der Waals surface area contributed by atoms with Crippen LogP contribution in [0.25, 0.3) is 0 Å². The third kappa shape index (κ3) is 2.86. The Labute approximate surface area is 142 Å². The number of carbonyl (C=O) groups excluding carboxylic acids is 1. The van der Waals surface area contributed by atoms with Crippen LogP contribution >= 0.6 is 12.4 Å². The van der Waals surface area contributed by atoms with Crippen LogP contribution < -0.4 is 5.73 Å².